The zero-order valence-electron chi connectivity index (χ0n) is 10.9. The number of halogens is 3. The summed E-state index contributed by atoms with van der Waals surface area (Å²) < 4.78 is 39.4. The Morgan fingerprint density at radius 1 is 1.10 bits per heavy atom. The highest BCUT2D eigenvalue weighted by Gasteiger charge is 2.29. The Morgan fingerprint density at radius 2 is 1.81 bits per heavy atom. The molecule has 3 aromatic rings. The van der Waals surface area contributed by atoms with Gasteiger partial charge in [0.05, 0.1) is 17.3 Å². The third-order valence-electron chi connectivity index (χ3n) is 3.28. The molecule has 0 amide bonds. The highest BCUT2D eigenvalue weighted by molar-refractivity contribution is 5.56. The van der Waals surface area contributed by atoms with Crippen LogP contribution in [0.1, 0.15) is 17.0 Å². The Morgan fingerprint density at radius 3 is 2.48 bits per heavy atom. The molecule has 0 aliphatic heterocycles. The molecular weight excluding hydrogens is 279 g/mol. The van der Waals surface area contributed by atoms with Crippen LogP contribution in [0.25, 0.3) is 5.52 Å². The van der Waals surface area contributed by atoms with E-state index in [4.69, 9.17) is 5.73 Å². The van der Waals surface area contributed by atoms with Gasteiger partial charge in [-0.2, -0.15) is 13.2 Å². The van der Waals surface area contributed by atoms with Gasteiger partial charge in [0.1, 0.15) is 5.82 Å². The average molecular weight is 291 g/mol. The molecule has 3 nitrogen and oxygen atoms in total. The van der Waals surface area contributed by atoms with E-state index in [0.29, 0.717) is 12.1 Å². The summed E-state index contributed by atoms with van der Waals surface area (Å²) in [6.45, 7) is 0. The van der Waals surface area contributed by atoms with Gasteiger partial charge in [0.25, 0.3) is 0 Å². The van der Waals surface area contributed by atoms with Gasteiger partial charge in [-0.05, 0) is 29.8 Å². The van der Waals surface area contributed by atoms with Crippen LogP contribution in [0.15, 0.2) is 48.8 Å². The molecule has 0 atom stereocenters. The summed E-state index contributed by atoms with van der Waals surface area (Å²) in [6.07, 6.45) is -0.362. The van der Waals surface area contributed by atoms with Crippen LogP contribution in [-0.2, 0) is 12.6 Å². The van der Waals surface area contributed by atoms with E-state index in [1.807, 2.05) is 4.40 Å². The number of hydrogen-bond acceptors (Lipinski definition) is 2. The molecule has 0 saturated heterocycles. The second-order valence-corrected chi connectivity index (χ2v) is 4.80. The van der Waals surface area contributed by atoms with Crippen molar-refractivity contribution in [1.82, 2.24) is 9.38 Å². The van der Waals surface area contributed by atoms with Crippen molar-refractivity contribution < 1.29 is 13.2 Å². The SMILES string of the molecule is Nc1ccn2c(Cc3ccc(C(F)(F)F)cc3)ncc2c1. The number of hydrogen-bond donors (Lipinski definition) is 1. The van der Waals surface area contributed by atoms with Gasteiger partial charge < -0.3 is 10.1 Å². The minimum atomic E-state index is -4.31. The number of nitrogens with zero attached hydrogens (tertiary/aromatic N) is 2. The Bertz CT molecular complexity index is 773. The van der Waals surface area contributed by atoms with Gasteiger partial charge in [0, 0.05) is 18.3 Å². The normalized spacial score (nSPS) is 12.0. The Labute approximate surface area is 118 Å². The zero-order valence-corrected chi connectivity index (χ0v) is 10.9. The third kappa shape index (κ3) is 2.69. The molecule has 2 heterocycles. The lowest BCUT2D eigenvalue weighted by atomic mass is 10.1. The van der Waals surface area contributed by atoms with Crippen molar-refractivity contribution in [2.45, 2.75) is 12.6 Å². The average Bonchev–Trinajstić information content (AvgIpc) is 2.80. The Kier molecular flexibility index (Phi) is 3.08. The number of alkyl halides is 3. The maximum Gasteiger partial charge on any atom is 0.416 e. The van der Waals surface area contributed by atoms with Crippen molar-refractivity contribution >= 4 is 11.2 Å². The van der Waals surface area contributed by atoms with Crippen molar-refractivity contribution in [2.24, 2.45) is 0 Å². The number of benzene rings is 1. The number of pyridine rings is 1. The smallest absolute Gasteiger partial charge is 0.399 e. The molecule has 2 N–H and O–H groups in total. The summed E-state index contributed by atoms with van der Waals surface area (Å²) in [5, 5.41) is 0. The van der Waals surface area contributed by atoms with Gasteiger partial charge in [-0.15, -0.1) is 0 Å². The first kappa shape index (κ1) is 13.5. The van der Waals surface area contributed by atoms with Crippen molar-refractivity contribution in [3.8, 4) is 0 Å². The largest absolute Gasteiger partial charge is 0.416 e. The lowest BCUT2D eigenvalue weighted by Gasteiger charge is -2.07. The first-order valence-electron chi connectivity index (χ1n) is 6.31. The number of nitrogen functional groups attached to an aromatic ring is 1. The van der Waals surface area contributed by atoms with Crippen molar-refractivity contribution in [2.75, 3.05) is 5.73 Å². The monoisotopic (exact) mass is 291 g/mol. The second kappa shape index (κ2) is 4.80. The fraction of sp³-hybridized carbons (Fsp3) is 0.133. The molecule has 0 fully saturated rings. The molecule has 21 heavy (non-hydrogen) atoms. The van der Waals surface area contributed by atoms with Gasteiger partial charge in [-0.3, -0.25) is 0 Å². The molecule has 108 valence electrons. The third-order valence-corrected chi connectivity index (χ3v) is 3.28. The summed E-state index contributed by atoms with van der Waals surface area (Å²) in [6, 6.07) is 8.67. The number of imidazole rings is 1. The summed E-state index contributed by atoms with van der Waals surface area (Å²) in [5.74, 6) is 0.754. The van der Waals surface area contributed by atoms with Gasteiger partial charge >= 0.3 is 6.18 Å². The van der Waals surface area contributed by atoms with E-state index in [0.717, 1.165) is 29.0 Å². The molecule has 0 aliphatic rings. The van der Waals surface area contributed by atoms with Crippen LogP contribution in [0.4, 0.5) is 18.9 Å². The van der Waals surface area contributed by atoms with Crippen LogP contribution in [0, 0.1) is 0 Å². The number of rotatable bonds is 2. The molecule has 6 heteroatoms. The fourth-order valence-corrected chi connectivity index (χ4v) is 2.20. The zero-order chi connectivity index (χ0) is 15.0. The fourth-order valence-electron chi connectivity index (χ4n) is 2.20. The van der Waals surface area contributed by atoms with Crippen LogP contribution in [0.3, 0.4) is 0 Å². The van der Waals surface area contributed by atoms with E-state index in [2.05, 4.69) is 4.98 Å². The standard InChI is InChI=1S/C15H12F3N3/c16-15(17,18)11-3-1-10(2-4-11)7-14-20-9-13-8-12(19)5-6-21(13)14/h1-6,8-9H,7,19H2. The molecule has 0 bridgehead atoms. The molecule has 3 rings (SSSR count). The molecule has 0 spiro atoms. The van der Waals surface area contributed by atoms with E-state index in [-0.39, 0.29) is 0 Å². The Hall–Kier alpha value is -2.50. The quantitative estimate of drug-likeness (QED) is 0.785. The van der Waals surface area contributed by atoms with Crippen LogP contribution in [0.2, 0.25) is 0 Å². The van der Waals surface area contributed by atoms with E-state index < -0.39 is 11.7 Å². The minimum Gasteiger partial charge on any atom is -0.399 e. The predicted octanol–water partition coefficient (Wildman–Crippen LogP) is 3.53. The van der Waals surface area contributed by atoms with Crippen molar-refractivity contribution in [3.63, 3.8) is 0 Å². The number of anilines is 1. The van der Waals surface area contributed by atoms with Gasteiger partial charge in [0.2, 0.25) is 0 Å². The maximum absolute atomic E-state index is 12.5. The number of aromatic nitrogens is 2. The summed E-state index contributed by atoms with van der Waals surface area (Å²) in [5.41, 5.74) is 7.32. The van der Waals surface area contributed by atoms with Crippen LogP contribution >= 0.6 is 0 Å². The highest BCUT2D eigenvalue weighted by atomic mass is 19.4. The lowest BCUT2D eigenvalue weighted by Crippen LogP contribution is -2.05. The molecule has 0 radical (unpaired) electrons. The van der Waals surface area contributed by atoms with Gasteiger partial charge in [0.15, 0.2) is 0 Å². The first-order chi connectivity index (χ1) is 9.93. The molecule has 0 saturated carbocycles. The summed E-state index contributed by atoms with van der Waals surface area (Å²) >= 11 is 0. The molecule has 0 unspecified atom stereocenters. The second-order valence-electron chi connectivity index (χ2n) is 4.80. The Balaban J connectivity index is 1.88. The molecule has 2 aromatic heterocycles. The van der Waals surface area contributed by atoms with Crippen LogP contribution in [0.5, 0.6) is 0 Å². The van der Waals surface area contributed by atoms with E-state index in [1.165, 1.54) is 12.1 Å². The van der Waals surface area contributed by atoms with Gasteiger partial charge in [-0.25, -0.2) is 4.98 Å². The minimum absolute atomic E-state index is 0.455. The van der Waals surface area contributed by atoms with Crippen LogP contribution in [-0.4, -0.2) is 9.38 Å². The van der Waals surface area contributed by atoms with Gasteiger partial charge in [-0.1, -0.05) is 12.1 Å². The predicted molar refractivity (Wildman–Crippen MR) is 73.9 cm³/mol. The van der Waals surface area contributed by atoms with E-state index in [1.54, 1.807) is 24.5 Å². The maximum atomic E-state index is 12.5. The van der Waals surface area contributed by atoms with E-state index >= 15 is 0 Å². The van der Waals surface area contributed by atoms with Crippen LogP contribution < -0.4 is 5.73 Å². The molecular formula is C15H12F3N3. The highest BCUT2D eigenvalue weighted by Crippen LogP contribution is 2.29. The molecule has 0 aliphatic carbocycles. The molecule has 1 aromatic carbocycles. The van der Waals surface area contributed by atoms with Crippen molar-refractivity contribution in [3.05, 3.63) is 65.7 Å². The lowest BCUT2D eigenvalue weighted by molar-refractivity contribution is -0.137. The summed E-state index contributed by atoms with van der Waals surface area (Å²) in [4.78, 5) is 4.29. The topological polar surface area (TPSA) is 43.3 Å². The van der Waals surface area contributed by atoms with Crippen molar-refractivity contribution in [1.29, 1.82) is 0 Å². The van der Waals surface area contributed by atoms with E-state index in [9.17, 15) is 13.2 Å². The summed E-state index contributed by atoms with van der Waals surface area (Å²) in [7, 11) is 0. The number of fused-ring (bicyclic) bond motifs is 1. The number of nitrogens with two attached hydrogens (primary N) is 1. The first-order valence-corrected chi connectivity index (χ1v) is 6.31.